The average molecular weight is 315 g/mol. The minimum atomic E-state index is -2.00. The van der Waals surface area contributed by atoms with Gasteiger partial charge in [-0.2, -0.15) is 0 Å². The van der Waals surface area contributed by atoms with Gasteiger partial charge in [0.05, 0.1) is 0 Å². The molecule has 2 aromatic rings. The molecule has 2 rings (SSSR count). The van der Waals surface area contributed by atoms with E-state index in [0.717, 1.165) is 0 Å². The monoisotopic (exact) mass is 315 g/mol. The van der Waals surface area contributed by atoms with E-state index >= 15 is 0 Å². The molecule has 0 aliphatic heterocycles. The van der Waals surface area contributed by atoms with Gasteiger partial charge in [-0.05, 0) is 0 Å². The second kappa shape index (κ2) is 5.97. The van der Waals surface area contributed by atoms with Gasteiger partial charge in [0.25, 0.3) is 0 Å². The molecular formula is C18H24As+. The predicted octanol–water partition coefficient (Wildman–Crippen LogP) is 3.91. The zero-order valence-corrected chi connectivity index (χ0v) is 14.4. The number of aryl methyl sites for hydroxylation is 2. The van der Waals surface area contributed by atoms with Gasteiger partial charge in [0, 0.05) is 0 Å². The van der Waals surface area contributed by atoms with E-state index in [9.17, 15) is 0 Å². The average Bonchev–Trinajstić information content (AvgIpc) is 2.39. The molecule has 0 heterocycles. The molecule has 0 saturated heterocycles. The van der Waals surface area contributed by atoms with Crippen molar-refractivity contribution in [3.8, 4) is 0 Å². The van der Waals surface area contributed by atoms with Crippen LogP contribution < -0.4 is 8.70 Å². The van der Waals surface area contributed by atoms with Gasteiger partial charge >= 0.3 is 120 Å². The first kappa shape index (κ1) is 14.4. The molecule has 2 aromatic carbocycles. The summed E-state index contributed by atoms with van der Waals surface area (Å²) < 4.78 is 3.27. The second-order valence-corrected chi connectivity index (χ2v) is 13.4. The van der Waals surface area contributed by atoms with Crippen LogP contribution >= 0.6 is 0 Å². The fourth-order valence-corrected chi connectivity index (χ4v) is 11.8. The number of hydrogen-bond donors (Lipinski definition) is 0. The third-order valence-electron chi connectivity index (χ3n) is 3.97. The Kier molecular flexibility index (Phi) is 4.53. The quantitative estimate of drug-likeness (QED) is 0.751. The van der Waals surface area contributed by atoms with Gasteiger partial charge in [-0.1, -0.05) is 0 Å². The number of rotatable bonds is 4. The zero-order valence-electron chi connectivity index (χ0n) is 12.5. The summed E-state index contributed by atoms with van der Waals surface area (Å²) in [7, 11) is 0. The van der Waals surface area contributed by atoms with Crippen molar-refractivity contribution in [2.24, 2.45) is 0 Å². The third kappa shape index (κ3) is 2.79. The van der Waals surface area contributed by atoms with E-state index in [1.54, 1.807) is 8.70 Å². The molecule has 0 atom stereocenters. The first-order chi connectivity index (χ1) is 9.09. The van der Waals surface area contributed by atoms with Gasteiger partial charge in [-0.3, -0.25) is 0 Å². The SMILES string of the molecule is CCC[As+](C)(c1ccccc1C)c1ccccc1C. The van der Waals surface area contributed by atoms with E-state index in [0.29, 0.717) is 0 Å². The van der Waals surface area contributed by atoms with Crippen molar-refractivity contribution in [3.05, 3.63) is 59.7 Å². The van der Waals surface area contributed by atoms with Crippen LogP contribution in [0.15, 0.2) is 48.5 Å². The molecule has 100 valence electrons. The summed E-state index contributed by atoms with van der Waals surface area (Å²) in [4.78, 5) is 0. The van der Waals surface area contributed by atoms with Crippen molar-refractivity contribution in [1.82, 2.24) is 0 Å². The van der Waals surface area contributed by atoms with Crippen LogP contribution in [0, 0.1) is 13.8 Å². The van der Waals surface area contributed by atoms with Gasteiger partial charge in [0.1, 0.15) is 0 Å². The Morgan fingerprint density at radius 3 is 1.58 bits per heavy atom. The fourth-order valence-electron chi connectivity index (χ4n) is 3.05. The molecule has 0 radical (unpaired) electrons. The van der Waals surface area contributed by atoms with E-state index in [2.05, 4.69) is 75.0 Å². The molecule has 0 unspecified atom stereocenters. The molecule has 19 heavy (non-hydrogen) atoms. The van der Waals surface area contributed by atoms with Crippen molar-refractivity contribution >= 4 is 22.3 Å². The van der Waals surface area contributed by atoms with Crippen molar-refractivity contribution in [2.75, 3.05) is 0 Å². The molecule has 1 heteroatoms. The molecular weight excluding hydrogens is 291 g/mol. The van der Waals surface area contributed by atoms with Crippen molar-refractivity contribution < 1.29 is 0 Å². The number of benzene rings is 2. The summed E-state index contributed by atoms with van der Waals surface area (Å²) in [5.41, 5.74) is 5.50. The van der Waals surface area contributed by atoms with Crippen LogP contribution in [0.5, 0.6) is 0 Å². The Morgan fingerprint density at radius 2 is 1.21 bits per heavy atom. The molecule has 0 fully saturated rings. The van der Waals surface area contributed by atoms with E-state index in [4.69, 9.17) is 0 Å². The zero-order chi connectivity index (χ0) is 13.9. The normalized spacial score (nSPS) is 11.6. The third-order valence-corrected chi connectivity index (χ3v) is 13.3. The standard InChI is InChI=1S/C18H24As/c1-5-14-19(4,17-12-8-6-10-15(17)2)18-13-9-7-11-16(18)3/h6-13H,5,14H2,1-4H3/q+1. The molecule has 0 amide bonds. The van der Waals surface area contributed by atoms with Crippen LogP contribution in [0.1, 0.15) is 24.5 Å². The summed E-state index contributed by atoms with van der Waals surface area (Å²) in [5, 5.41) is 1.36. The Hall–Kier alpha value is -1.00. The maximum atomic E-state index is 2.56. The van der Waals surface area contributed by atoms with Gasteiger partial charge in [-0.25, -0.2) is 0 Å². The predicted molar refractivity (Wildman–Crippen MR) is 88.3 cm³/mol. The molecule has 0 spiro atoms. The van der Waals surface area contributed by atoms with Crippen LogP contribution in [0.25, 0.3) is 0 Å². The molecule has 0 saturated carbocycles. The van der Waals surface area contributed by atoms with Crippen LogP contribution in [0.3, 0.4) is 0 Å². The second-order valence-electron chi connectivity index (χ2n) is 5.49. The molecule has 0 nitrogen and oxygen atoms in total. The first-order valence-corrected chi connectivity index (χ1v) is 12.2. The van der Waals surface area contributed by atoms with Gasteiger partial charge in [0.2, 0.25) is 0 Å². The van der Waals surface area contributed by atoms with Crippen LogP contribution in [0.4, 0.5) is 0 Å². The summed E-state index contributed by atoms with van der Waals surface area (Å²) in [5.74, 6) is 0. The van der Waals surface area contributed by atoms with E-state index in [1.165, 1.54) is 22.8 Å². The van der Waals surface area contributed by atoms with Crippen molar-refractivity contribution in [3.63, 3.8) is 0 Å². The van der Waals surface area contributed by atoms with E-state index < -0.39 is 13.6 Å². The maximum absolute atomic E-state index is 2.56. The molecule has 0 bridgehead atoms. The molecule has 0 N–H and O–H groups in total. The summed E-state index contributed by atoms with van der Waals surface area (Å²) in [6, 6.07) is 18.0. The minimum absolute atomic E-state index is 1.27. The van der Waals surface area contributed by atoms with Crippen LogP contribution in [0.2, 0.25) is 10.9 Å². The summed E-state index contributed by atoms with van der Waals surface area (Å²) in [6.07, 6.45) is 1.27. The van der Waals surface area contributed by atoms with Crippen molar-refractivity contribution in [1.29, 1.82) is 0 Å². The van der Waals surface area contributed by atoms with Crippen LogP contribution in [-0.4, -0.2) is 13.6 Å². The fraction of sp³-hybridized carbons (Fsp3) is 0.333. The Labute approximate surface area is 120 Å². The van der Waals surface area contributed by atoms with Gasteiger partial charge < -0.3 is 0 Å². The van der Waals surface area contributed by atoms with Gasteiger partial charge in [-0.15, -0.1) is 0 Å². The Balaban J connectivity index is 2.62. The summed E-state index contributed by atoms with van der Waals surface area (Å²) >= 11 is -2.00. The Morgan fingerprint density at radius 1 is 0.789 bits per heavy atom. The topological polar surface area (TPSA) is 0 Å². The van der Waals surface area contributed by atoms with Crippen LogP contribution in [-0.2, 0) is 0 Å². The summed E-state index contributed by atoms with van der Waals surface area (Å²) in [6.45, 7) is 6.85. The molecule has 0 aliphatic rings. The van der Waals surface area contributed by atoms with E-state index in [1.807, 2.05) is 0 Å². The molecule has 0 aliphatic carbocycles. The van der Waals surface area contributed by atoms with Gasteiger partial charge in [0.15, 0.2) is 0 Å². The Bertz CT molecular complexity index is 512. The van der Waals surface area contributed by atoms with E-state index in [-0.39, 0.29) is 0 Å². The number of hydrogen-bond acceptors (Lipinski definition) is 0. The van der Waals surface area contributed by atoms with Crippen molar-refractivity contribution in [2.45, 2.75) is 38.1 Å². The molecule has 0 aromatic heterocycles. The first-order valence-electron chi connectivity index (χ1n) is 7.07.